The maximum absolute atomic E-state index is 13.0. The van der Waals surface area contributed by atoms with Gasteiger partial charge in [0, 0.05) is 12.6 Å². The molecule has 0 radical (unpaired) electrons. The molecule has 1 fully saturated rings. The van der Waals surface area contributed by atoms with Crippen LogP contribution >= 0.6 is 0 Å². The minimum atomic E-state index is -0.847. The van der Waals surface area contributed by atoms with Gasteiger partial charge in [0.15, 0.2) is 11.6 Å². The lowest BCUT2D eigenvalue weighted by molar-refractivity contribution is 0.0983. The summed E-state index contributed by atoms with van der Waals surface area (Å²) in [5.74, 6) is -1.69. The number of ether oxygens (including phenoxy) is 1. The molecule has 1 aromatic carbocycles. The van der Waals surface area contributed by atoms with Crippen LogP contribution < -0.4 is 5.73 Å². The zero-order chi connectivity index (χ0) is 11.5. The first-order valence-electron chi connectivity index (χ1n) is 5.49. The summed E-state index contributed by atoms with van der Waals surface area (Å²) in [4.78, 5) is 0. The second kappa shape index (κ2) is 4.89. The third-order valence-electron chi connectivity index (χ3n) is 2.91. The average molecular weight is 227 g/mol. The van der Waals surface area contributed by atoms with Crippen molar-refractivity contribution in [3.05, 3.63) is 35.4 Å². The highest BCUT2D eigenvalue weighted by Gasteiger charge is 2.20. The molecule has 2 unspecified atom stereocenters. The molecule has 0 bridgehead atoms. The van der Waals surface area contributed by atoms with E-state index < -0.39 is 11.6 Å². The first-order chi connectivity index (χ1) is 7.66. The van der Waals surface area contributed by atoms with E-state index in [-0.39, 0.29) is 12.1 Å². The molecule has 0 amide bonds. The maximum atomic E-state index is 13.0. The Bertz CT molecular complexity index is 364. The Morgan fingerprint density at radius 2 is 2.19 bits per heavy atom. The monoisotopic (exact) mass is 227 g/mol. The Labute approximate surface area is 93.4 Å². The van der Waals surface area contributed by atoms with Gasteiger partial charge in [0.1, 0.15) is 0 Å². The molecule has 1 aliphatic rings. The predicted octanol–water partition coefficient (Wildman–Crippen LogP) is 2.53. The van der Waals surface area contributed by atoms with Crippen molar-refractivity contribution in [3.8, 4) is 0 Å². The van der Waals surface area contributed by atoms with Crippen molar-refractivity contribution in [2.75, 3.05) is 6.61 Å². The van der Waals surface area contributed by atoms with Crippen molar-refractivity contribution in [1.29, 1.82) is 0 Å². The van der Waals surface area contributed by atoms with Gasteiger partial charge in [-0.05, 0) is 37.0 Å². The number of halogens is 2. The zero-order valence-corrected chi connectivity index (χ0v) is 8.96. The highest BCUT2D eigenvalue weighted by atomic mass is 19.2. The Kier molecular flexibility index (Phi) is 3.51. The fourth-order valence-corrected chi connectivity index (χ4v) is 1.99. The quantitative estimate of drug-likeness (QED) is 0.861. The molecule has 4 heteroatoms. The van der Waals surface area contributed by atoms with Crippen LogP contribution in [0.25, 0.3) is 0 Å². The number of rotatable bonds is 3. The first-order valence-corrected chi connectivity index (χ1v) is 5.49. The van der Waals surface area contributed by atoms with Crippen LogP contribution in [0.15, 0.2) is 18.2 Å². The van der Waals surface area contributed by atoms with E-state index in [1.54, 1.807) is 0 Å². The van der Waals surface area contributed by atoms with Crippen molar-refractivity contribution in [2.24, 2.45) is 5.73 Å². The minimum absolute atomic E-state index is 0.156. The van der Waals surface area contributed by atoms with Crippen LogP contribution in [-0.2, 0) is 4.74 Å². The molecule has 1 aromatic rings. The van der Waals surface area contributed by atoms with E-state index in [1.165, 1.54) is 6.07 Å². The molecule has 2 rings (SSSR count). The number of nitrogens with two attached hydrogens (primary N) is 1. The lowest BCUT2D eigenvalue weighted by atomic mass is 10.00. The molecule has 1 aliphatic heterocycles. The lowest BCUT2D eigenvalue weighted by Gasteiger charge is -2.16. The van der Waals surface area contributed by atoms with Gasteiger partial charge in [-0.2, -0.15) is 0 Å². The molecule has 0 spiro atoms. The van der Waals surface area contributed by atoms with Gasteiger partial charge in [-0.1, -0.05) is 6.07 Å². The van der Waals surface area contributed by atoms with Gasteiger partial charge in [0.2, 0.25) is 0 Å². The van der Waals surface area contributed by atoms with Crippen LogP contribution in [0.4, 0.5) is 8.78 Å². The van der Waals surface area contributed by atoms with E-state index in [1.807, 2.05) is 0 Å². The van der Waals surface area contributed by atoms with Crippen LogP contribution in [0.1, 0.15) is 30.9 Å². The standard InChI is InChI=1S/C12H15F2NO/c13-10-4-3-8(6-11(10)14)12(15)7-9-2-1-5-16-9/h3-4,6,9,12H,1-2,5,7,15H2. The fourth-order valence-electron chi connectivity index (χ4n) is 1.99. The molecule has 2 N–H and O–H groups in total. The summed E-state index contributed by atoms with van der Waals surface area (Å²) in [6, 6.07) is 3.51. The highest BCUT2D eigenvalue weighted by molar-refractivity contribution is 5.21. The summed E-state index contributed by atoms with van der Waals surface area (Å²) in [5, 5.41) is 0. The summed E-state index contributed by atoms with van der Waals surface area (Å²) in [7, 11) is 0. The van der Waals surface area contributed by atoms with E-state index in [2.05, 4.69) is 0 Å². The Morgan fingerprint density at radius 1 is 1.38 bits per heavy atom. The second-order valence-electron chi connectivity index (χ2n) is 4.15. The van der Waals surface area contributed by atoms with Crippen LogP contribution in [0, 0.1) is 11.6 Å². The molecule has 2 nitrogen and oxygen atoms in total. The van der Waals surface area contributed by atoms with E-state index in [4.69, 9.17) is 10.5 Å². The number of hydrogen-bond acceptors (Lipinski definition) is 2. The van der Waals surface area contributed by atoms with Crippen molar-refractivity contribution in [1.82, 2.24) is 0 Å². The maximum Gasteiger partial charge on any atom is 0.159 e. The van der Waals surface area contributed by atoms with Crippen molar-refractivity contribution in [2.45, 2.75) is 31.4 Å². The van der Waals surface area contributed by atoms with Gasteiger partial charge in [-0.3, -0.25) is 0 Å². The van der Waals surface area contributed by atoms with E-state index in [0.717, 1.165) is 31.6 Å². The number of benzene rings is 1. The normalized spacial score (nSPS) is 22.3. The number of hydrogen-bond donors (Lipinski definition) is 1. The van der Waals surface area contributed by atoms with E-state index >= 15 is 0 Å². The summed E-state index contributed by atoms with van der Waals surface area (Å²) in [5.41, 5.74) is 6.54. The van der Waals surface area contributed by atoms with E-state index in [0.29, 0.717) is 12.0 Å². The Hall–Kier alpha value is -1.00. The van der Waals surface area contributed by atoms with Crippen molar-refractivity contribution >= 4 is 0 Å². The lowest BCUT2D eigenvalue weighted by Crippen LogP contribution is -2.18. The van der Waals surface area contributed by atoms with Gasteiger partial charge in [0.05, 0.1) is 6.10 Å². The third kappa shape index (κ3) is 2.57. The van der Waals surface area contributed by atoms with Gasteiger partial charge in [0.25, 0.3) is 0 Å². The summed E-state index contributed by atoms with van der Waals surface area (Å²) in [6.45, 7) is 0.773. The molecule has 88 valence electrons. The predicted molar refractivity (Wildman–Crippen MR) is 56.9 cm³/mol. The van der Waals surface area contributed by atoms with Gasteiger partial charge in [-0.25, -0.2) is 8.78 Å². The Balaban J connectivity index is 2.02. The summed E-state index contributed by atoms with van der Waals surface area (Å²) >= 11 is 0. The molecule has 2 atom stereocenters. The van der Waals surface area contributed by atoms with Crippen LogP contribution in [0.3, 0.4) is 0 Å². The molecular weight excluding hydrogens is 212 g/mol. The van der Waals surface area contributed by atoms with Crippen LogP contribution in [0.2, 0.25) is 0 Å². The first kappa shape index (κ1) is 11.5. The Morgan fingerprint density at radius 3 is 2.81 bits per heavy atom. The molecule has 1 saturated heterocycles. The van der Waals surface area contributed by atoms with Gasteiger partial charge < -0.3 is 10.5 Å². The highest BCUT2D eigenvalue weighted by Crippen LogP contribution is 2.24. The molecular formula is C12H15F2NO. The topological polar surface area (TPSA) is 35.2 Å². The largest absolute Gasteiger partial charge is 0.378 e. The second-order valence-corrected chi connectivity index (χ2v) is 4.15. The average Bonchev–Trinajstić information content (AvgIpc) is 2.74. The molecule has 0 saturated carbocycles. The molecule has 0 aliphatic carbocycles. The smallest absolute Gasteiger partial charge is 0.159 e. The van der Waals surface area contributed by atoms with Gasteiger partial charge >= 0.3 is 0 Å². The molecule has 0 aromatic heterocycles. The SMILES string of the molecule is NC(CC1CCCO1)c1ccc(F)c(F)c1. The summed E-state index contributed by atoms with van der Waals surface area (Å²) in [6.07, 6.45) is 2.86. The van der Waals surface area contributed by atoms with Gasteiger partial charge in [-0.15, -0.1) is 0 Å². The van der Waals surface area contributed by atoms with Crippen molar-refractivity contribution in [3.63, 3.8) is 0 Å². The van der Waals surface area contributed by atoms with Crippen LogP contribution in [0.5, 0.6) is 0 Å². The van der Waals surface area contributed by atoms with Crippen LogP contribution in [-0.4, -0.2) is 12.7 Å². The minimum Gasteiger partial charge on any atom is -0.378 e. The summed E-state index contributed by atoms with van der Waals surface area (Å²) < 4.78 is 31.2. The third-order valence-corrected chi connectivity index (χ3v) is 2.91. The molecule has 1 heterocycles. The molecule has 16 heavy (non-hydrogen) atoms. The van der Waals surface area contributed by atoms with Crippen molar-refractivity contribution < 1.29 is 13.5 Å². The fraction of sp³-hybridized carbons (Fsp3) is 0.500. The van der Waals surface area contributed by atoms with E-state index in [9.17, 15) is 8.78 Å². The zero-order valence-electron chi connectivity index (χ0n) is 8.96.